The van der Waals surface area contributed by atoms with Crippen molar-refractivity contribution in [1.29, 1.82) is 0 Å². The summed E-state index contributed by atoms with van der Waals surface area (Å²) in [6.45, 7) is 33.7. The van der Waals surface area contributed by atoms with Gasteiger partial charge >= 0.3 is 0 Å². The van der Waals surface area contributed by atoms with Gasteiger partial charge < -0.3 is 40.6 Å². The highest BCUT2D eigenvalue weighted by Crippen LogP contribution is 2.57. The van der Waals surface area contributed by atoms with Crippen LogP contribution in [0.4, 0.5) is 22.7 Å². The molecule has 1 unspecified atom stereocenters. The van der Waals surface area contributed by atoms with Crippen LogP contribution in [0.15, 0.2) is 165 Å². The molecule has 0 radical (unpaired) electrons. The van der Waals surface area contributed by atoms with E-state index in [1.807, 2.05) is 48.5 Å². The molecule has 4 amide bonds. The average molecular weight is 1960 g/mol. The van der Waals surface area contributed by atoms with Gasteiger partial charge in [-0.2, -0.15) is 59.5 Å². The summed E-state index contributed by atoms with van der Waals surface area (Å²) >= 11 is 0. The minimum Gasteiger partial charge on any atom is -0.361 e. The van der Waals surface area contributed by atoms with E-state index in [0.717, 1.165) is 151 Å². The lowest BCUT2D eigenvalue weighted by atomic mass is 9.72. The van der Waals surface area contributed by atoms with E-state index >= 15 is 0 Å². The topological polar surface area (TPSA) is 363 Å². The molecule has 0 bridgehead atoms. The van der Waals surface area contributed by atoms with Crippen molar-refractivity contribution in [2.45, 2.75) is 214 Å². The van der Waals surface area contributed by atoms with Crippen LogP contribution in [0.1, 0.15) is 259 Å². The molecule has 2 spiro atoms. The predicted molar refractivity (Wildman–Crippen MR) is 551 cm³/mol. The molecule has 736 valence electrons. The van der Waals surface area contributed by atoms with E-state index in [1.165, 1.54) is 86.6 Å². The quantitative estimate of drug-likeness (QED) is 0.0537. The zero-order valence-corrected chi connectivity index (χ0v) is 80.1. The maximum atomic E-state index is 13.0. The molecule has 6 aliphatic carbocycles. The van der Waals surface area contributed by atoms with Gasteiger partial charge in [0.25, 0.3) is 87.7 Å². The van der Waals surface area contributed by atoms with Crippen LogP contribution in [0.2, 0.25) is 0 Å². The van der Waals surface area contributed by atoms with Crippen LogP contribution in [-0.2, 0) is 60.0 Å². The van der Waals surface area contributed by atoms with Gasteiger partial charge in [0, 0.05) is 189 Å². The fraction of sp³-hybridized carbons (Fsp3) is 0.490. The molecule has 1 atom stereocenters. The Kier molecular flexibility index (Phi) is 35.3. The standard InChI is InChI=1S/C27H33N5O3S.C25H29N5O3S.2C23H27N5O3S.4CH4/c1-28-25-9-8-24(29-25)26(33)30-23-7-6-20(21-17-31(2)36(34,35)32(3)18-21)16-22(23)19-10-14-27(15-11-19)12-4-5-13-27;1-26-23-7-6-22(27-23)24(31)28-21-5-4-18(19-15-29(2)34(32,33)30(3)16-19)14-20(21)17-8-10-25(11-9-17)12-13-25;1-24-22-12-11-21(25-22)23(29)26-20-10-9-17(13-19(20)16-7-5-4-6-8-16)18-14-27(2)32(30,31)28(3)15-18;1-3-15-4-6-16(7-5-15)19-12-17(18-13-25-32(30,31)26-14-18)8-9-20(19)28-23(29)21-10-11-22(24-2)27-21;;;;/h6-7,9-10,16,21H,4-5,8,11-15,17-18H2,2-3H3,(H,30,33);4-5,7-8,14,19H,6,9-13,15-16H2,2-3H3,(H,28,31);7,9-10,12-13,18H,4-6,8,11,14-15H2,2-3H3,(H,26,29);6,8-9,11-12,15,18,25-26H,3-5,7,10,13-14H2,1H3,(H,28,29);4*1H4. The smallest absolute Gasteiger partial charge is 0.293 e. The lowest BCUT2D eigenvalue weighted by molar-refractivity contribution is -0.111. The molecular formula is C102H132N20O12S4. The number of carbonyl (C=O) groups excluding carboxylic acids is 4. The van der Waals surface area contributed by atoms with Crippen LogP contribution in [0, 0.1) is 43.0 Å². The van der Waals surface area contributed by atoms with Crippen LogP contribution >= 0.6 is 0 Å². The summed E-state index contributed by atoms with van der Waals surface area (Å²) in [6.07, 6.45) is 39.8. The minimum atomic E-state index is -3.41. The summed E-state index contributed by atoms with van der Waals surface area (Å²) in [4.78, 5) is 81.1. The van der Waals surface area contributed by atoms with E-state index in [0.29, 0.717) is 123 Å². The number of rotatable bonds is 17. The first-order chi connectivity index (χ1) is 64.1. The Morgan fingerprint density at radius 1 is 0.384 bits per heavy atom. The lowest BCUT2D eigenvalue weighted by Gasteiger charge is -2.36. The van der Waals surface area contributed by atoms with Crippen molar-refractivity contribution in [3.8, 4) is 0 Å². The van der Waals surface area contributed by atoms with Crippen molar-refractivity contribution in [3.05, 3.63) is 235 Å². The summed E-state index contributed by atoms with van der Waals surface area (Å²) in [5.74, 6) is 0.616. The Balaban J connectivity index is 0.000000175. The fourth-order valence-electron chi connectivity index (χ4n) is 20.0. The number of amides is 4. The summed E-state index contributed by atoms with van der Waals surface area (Å²) < 4.78 is 111. The van der Waals surface area contributed by atoms with Crippen molar-refractivity contribution < 1.29 is 52.8 Å². The van der Waals surface area contributed by atoms with Crippen LogP contribution in [0.3, 0.4) is 0 Å². The molecule has 32 nitrogen and oxygen atoms in total. The zero-order chi connectivity index (χ0) is 95.2. The first-order valence-electron chi connectivity index (χ1n) is 46.1. The molecular weight excluding hydrogens is 1830 g/mol. The molecule has 138 heavy (non-hydrogen) atoms. The Hall–Kier alpha value is -11.2. The number of hydrogen-bond donors (Lipinski definition) is 6. The highest BCUT2D eigenvalue weighted by Gasteiger charge is 2.45. The minimum absolute atomic E-state index is 0. The van der Waals surface area contributed by atoms with E-state index < -0.39 is 40.8 Å². The van der Waals surface area contributed by atoms with Crippen molar-refractivity contribution in [3.63, 3.8) is 0 Å². The number of anilines is 4. The molecule has 36 heteroatoms. The van der Waals surface area contributed by atoms with Crippen LogP contribution in [-0.4, -0.2) is 201 Å². The van der Waals surface area contributed by atoms with Gasteiger partial charge in [-0.05, 0) is 219 Å². The third-order valence-electron chi connectivity index (χ3n) is 28.5. The molecule has 14 aliphatic rings. The number of aliphatic imine (C=N–C) groups is 4. The Morgan fingerprint density at radius 2 is 0.688 bits per heavy atom. The molecule has 0 aromatic heterocycles. The monoisotopic (exact) mass is 1960 g/mol. The van der Waals surface area contributed by atoms with Gasteiger partial charge in [-0.1, -0.05) is 155 Å². The SMILES string of the molecule is C.C.C.C.[C-]#[N+]C1=CCC(C(=O)Nc2ccc(C3CN(C)S(=O)(=O)N(C)C3)cc2C2=CCC3(CC2)CC3)=N1.[C-]#[N+]C1=CCC(C(=O)Nc2ccc(C3CN(C)S(=O)(=O)N(C)C3)cc2C2=CCC3(CCCC3)CC2)=N1.[C-]#[N+]C1=CCC(C(=O)Nc2ccc(C3CN(C)S(=O)(=O)N(C)C3)cc2C2=CCCCC2)=N1.[C-]#[N+]C1=CCC(C(=O)Nc2ccc(C3CNS(=O)(=O)NC3)cc2C2=CCC(CC)CC2)=N1. The maximum absolute atomic E-state index is 13.0. The number of allylic oxidation sites excluding steroid dienone is 12. The molecule has 6 fully saturated rings. The highest BCUT2D eigenvalue weighted by atomic mass is 32.2. The summed E-state index contributed by atoms with van der Waals surface area (Å²) in [5.41, 5.74) is 18.2. The molecule has 4 aromatic rings. The van der Waals surface area contributed by atoms with Gasteiger partial charge in [0.15, 0.2) is 22.8 Å². The molecule has 8 aliphatic heterocycles. The zero-order valence-electron chi connectivity index (χ0n) is 76.9. The first-order valence-corrected chi connectivity index (χ1v) is 51.7. The summed E-state index contributed by atoms with van der Waals surface area (Å²) in [5, 5.41) is 12.1. The number of nitrogens with zero attached hydrogens (tertiary/aromatic N) is 14. The maximum Gasteiger partial charge on any atom is 0.293 e. The third-order valence-corrected chi connectivity index (χ3v) is 35.3. The number of nitrogens with one attached hydrogen (secondary N) is 6. The normalized spacial score (nSPS) is 22.7. The van der Waals surface area contributed by atoms with Gasteiger partial charge in [-0.15, -0.1) is 20.0 Å². The van der Waals surface area contributed by atoms with Gasteiger partial charge in [-0.3, -0.25) is 19.2 Å². The highest BCUT2D eigenvalue weighted by molar-refractivity contribution is 7.87. The van der Waals surface area contributed by atoms with E-state index in [2.05, 4.69) is 126 Å². The molecule has 8 heterocycles. The van der Waals surface area contributed by atoms with E-state index in [-0.39, 0.29) is 100 Å². The molecule has 4 saturated heterocycles. The van der Waals surface area contributed by atoms with Gasteiger partial charge in [0.2, 0.25) is 0 Å². The second kappa shape index (κ2) is 45.4. The molecule has 6 N–H and O–H groups in total. The molecule has 4 aromatic carbocycles. The predicted octanol–water partition coefficient (Wildman–Crippen LogP) is 17.6. The van der Waals surface area contributed by atoms with Crippen LogP contribution in [0.25, 0.3) is 41.7 Å². The van der Waals surface area contributed by atoms with E-state index in [9.17, 15) is 52.8 Å². The average Bonchev–Trinajstić information content (AvgIpc) is 1.57. The fourth-order valence-corrected chi connectivity index (χ4v) is 24.5. The summed E-state index contributed by atoms with van der Waals surface area (Å²) in [6, 6.07) is 23.9. The number of hydrogen-bond acceptors (Lipinski definition) is 16. The Morgan fingerprint density at radius 3 is 0.949 bits per heavy atom. The van der Waals surface area contributed by atoms with Crippen molar-refractivity contribution >= 4 is 132 Å². The number of benzene rings is 4. The van der Waals surface area contributed by atoms with Gasteiger partial charge in [0.1, 0.15) is 0 Å². The van der Waals surface area contributed by atoms with Crippen LogP contribution < -0.4 is 30.7 Å². The molecule has 2 saturated carbocycles. The largest absolute Gasteiger partial charge is 0.361 e. The van der Waals surface area contributed by atoms with E-state index in [1.54, 1.807) is 66.6 Å². The Labute approximate surface area is 817 Å². The summed E-state index contributed by atoms with van der Waals surface area (Å²) in [7, 11) is -3.95. The number of carbonyl (C=O) groups is 4. The first kappa shape index (κ1) is 107. The van der Waals surface area contributed by atoms with Gasteiger partial charge in [-0.25, -0.2) is 9.44 Å². The second-order valence-electron chi connectivity index (χ2n) is 37.3. The number of likely N-dealkylation sites (N-methyl/N-ethyl adjacent to an activating group) is 6. The lowest BCUT2D eigenvalue weighted by Crippen LogP contribution is -2.49. The second-order valence-corrected chi connectivity index (χ2v) is 45.3. The van der Waals surface area contributed by atoms with Crippen molar-refractivity contribution in [1.82, 2.24) is 35.3 Å². The molecule has 18 rings (SSSR count). The van der Waals surface area contributed by atoms with E-state index in [4.69, 9.17) is 26.3 Å². The van der Waals surface area contributed by atoms with Gasteiger partial charge in [0.05, 0.1) is 0 Å². The Bertz CT molecular complexity index is 6410. The van der Waals surface area contributed by atoms with Crippen molar-refractivity contribution in [2.75, 3.05) is 116 Å². The third kappa shape index (κ3) is 24.6. The van der Waals surface area contributed by atoms with Crippen molar-refractivity contribution in [2.24, 2.45) is 36.7 Å². The van der Waals surface area contributed by atoms with Crippen LogP contribution in [0.5, 0.6) is 0 Å².